The molecule has 5 aliphatic heterocycles. The minimum absolute atomic E-state index is 0.00897. The second kappa shape index (κ2) is 23.0. The second-order valence-corrected chi connectivity index (χ2v) is 25.5. The number of aryl methyl sites for hydroxylation is 2. The Balaban J connectivity index is 0.727. The lowest BCUT2D eigenvalue weighted by Crippen LogP contribution is -2.60. The van der Waals surface area contributed by atoms with E-state index in [0.717, 1.165) is 70.1 Å². The number of ketones is 1. The number of rotatable bonds is 18. The van der Waals surface area contributed by atoms with Gasteiger partial charge in [0.1, 0.15) is 34.1 Å². The number of aliphatic hydroxyl groups excluding tert-OH is 1. The number of phenols is 1. The van der Waals surface area contributed by atoms with Crippen LogP contribution in [0.4, 0.5) is 20.3 Å². The van der Waals surface area contributed by atoms with E-state index in [1.807, 2.05) is 82.6 Å². The van der Waals surface area contributed by atoms with Crippen LogP contribution in [0.1, 0.15) is 127 Å². The molecule has 0 radical (unpaired) electrons. The Labute approximate surface area is 486 Å². The number of carbonyl (C=O) groups excluding carboxylic acids is 2. The number of Topliss-reactive ketones (excluding diaryl/α,β-unsaturated/α-hetero) is 1. The number of nitrogens with one attached hydrogen (secondary N) is 4. The van der Waals surface area contributed by atoms with E-state index in [0.29, 0.717) is 73.7 Å². The fourth-order valence-electron chi connectivity index (χ4n) is 14.0. The maximum Gasteiger partial charge on any atom is 0.319 e. The van der Waals surface area contributed by atoms with E-state index in [9.17, 15) is 19.8 Å². The number of hydrogen-bond acceptors (Lipinski definition) is 17. The average Bonchev–Trinajstić information content (AvgIpc) is 2.94. The molecule has 9 heterocycles. The smallest absolute Gasteiger partial charge is 0.319 e. The van der Waals surface area contributed by atoms with Crippen LogP contribution in [0.2, 0.25) is 0 Å². The first-order valence-electron chi connectivity index (χ1n) is 29.6. The highest BCUT2D eigenvalue weighted by Crippen LogP contribution is 2.44. The predicted octanol–water partition coefficient (Wildman–Crippen LogP) is 9.50. The molecule has 6 unspecified atom stereocenters. The highest BCUT2D eigenvalue weighted by atomic mass is 32.1. The normalized spacial score (nSPS) is 25.1. The van der Waals surface area contributed by atoms with E-state index >= 15 is 8.78 Å². The van der Waals surface area contributed by atoms with Crippen LogP contribution in [-0.2, 0) is 21.4 Å². The van der Waals surface area contributed by atoms with Gasteiger partial charge in [-0.2, -0.15) is 9.97 Å². The first-order chi connectivity index (χ1) is 40.0. The third-order valence-electron chi connectivity index (χ3n) is 18.3. The third kappa shape index (κ3) is 11.3. The van der Waals surface area contributed by atoms with Crippen LogP contribution >= 0.6 is 11.3 Å². The Kier molecular flexibility index (Phi) is 15.8. The van der Waals surface area contributed by atoms with Gasteiger partial charge in [0, 0.05) is 86.8 Å². The standard InChI is InChI=1S/C63H75F2N11O6S/c1-6-38-10-9-11-41-24-46(77)25-48(52(38)41)54-53(64)55-49(31-67-54)58(75-33-43-17-18-44(34-75)72-43)74-60(73-55)81-23-19-42-26-62(65,20-21-66-42)27-45-12-7-8-22-76(45)50-32-70-82-57(50)61(4,5)29-51(79)63(28-47(78)30-69-63)59(80)71-36(2)39-13-15-40(16-14-39)56-37(3)68-35-83-56/h9-11,13-16,24-25,31-32,35-36,42-45,47,66,69,72,77-78H,6-8,12,17-23,26-30,33-34H2,1-5H3,(H,71,80)/t36-,42?,43?,44?,45?,47?,62?,63-/m0/s1. The monoisotopic (exact) mass is 1150 g/mol. The molecule has 6 N–H and O–H groups in total. The van der Waals surface area contributed by atoms with Crippen LogP contribution in [0.3, 0.4) is 0 Å². The molecule has 8 atom stereocenters. The number of hydrogen-bond donors (Lipinski definition) is 6. The van der Waals surface area contributed by atoms with Gasteiger partial charge in [0.05, 0.1) is 46.4 Å². The van der Waals surface area contributed by atoms with Crippen molar-refractivity contribution in [3.8, 4) is 33.5 Å². The number of phenolic OH excluding ortho intramolecular Hbond substituents is 1. The van der Waals surface area contributed by atoms with Gasteiger partial charge in [-0.05, 0) is 118 Å². The summed E-state index contributed by atoms with van der Waals surface area (Å²) in [4.78, 5) is 53.3. The van der Waals surface area contributed by atoms with Crippen molar-refractivity contribution in [2.45, 2.75) is 165 Å². The minimum Gasteiger partial charge on any atom is -0.508 e. The number of benzene rings is 3. The first-order valence-corrected chi connectivity index (χ1v) is 30.5. The molecule has 5 aliphatic rings. The summed E-state index contributed by atoms with van der Waals surface area (Å²) in [6.45, 7) is 12.5. The van der Waals surface area contributed by atoms with Crippen LogP contribution in [0, 0.1) is 12.7 Å². The fourth-order valence-corrected chi connectivity index (χ4v) is 14.8. The van der Waals surface area contributed by atoms with Crippen molar-refractivity contribution >= 4 is 56.2 Å². The molecule has 83 heavy (non-hydrogen) atoms. The zero-order valence-electron chi connectivity index (χ0n) is 47.9. The van der Waals surface area contributed by atoms with Gasteiger partial charge in [0.15, 0.2) is 22.9 Å². The number of halogens is 2. The Bertz CT molecular complexity index is 3530. The number of pyridine rings is 1. The van der Waals surface area contributed by atoms with E-state index in [4.69, 9.17) is 24.2 Å². The number of thiazole rings is 1. The van der Waals surface area contributed by atoms with E-state index in [1.54, 1.807) is 35.9 Å². The summed E-state index contributed by atoms with van der Waals surface area (Å²) in [6.07, 6.45) is 8.94. The Morgan fingerprint density at radius 2 is 1.84 bits per heavy atom. The number of piperidine rings is 2. The minimum atomic E-state index is -1.67. The van der Waals surface area contributed by atoms with E-state index in [2.05, 4.69) is 41.2 Å². The van der Waals surface area contributed by atoms with Crippen LogP contribution in [0.25, 0.3) is 43.4 Å². The van der Waals surface area contributed by atoms with Gasteiger partial charge >= 0.3 is 6.01 Å². The van der Waals surface area contributed by atoms with Crippen molar-refractivity contribution < 1.29 is 37.8 Å². The van der Waals surface area contributed by atoms with Crippen LogP contribution < -0.4 is 35.8 Å². The quantitative estimate of drug-likeness (QED) is 0.0441. The number of aliphatic hydroxyl groups is 1. The highest BCUT2D eigenvalue weighted by molar-refractivity contribution is 7.13. The molecule has 12 rings (SSSR count). The van der Waals surface area contributed by atoms with Gasteiger partial charge in [0.2, 0.25) is 5.91 Å². The largest absolute Gasteiger partial charge is 0.508 e. The van der Waals surface area contributed by atoms with Crippen LogP contribution in [0.15, 0.2) is 77.0 Å². The van der Waals surface area contributed by atoms with Crippen molar-refractivity contribution in [3.05, 3.63) is 101 Å². The van der Waals surface area contributed by atoms with Crippen molar-refractivity contribution in [2.75, 3.05) is 49.1 Å². The number of anilines is 2. The van der Waals surface area contributed by atoms with Gasteiger partial charge in [-0.1, -0.05) is 68.4 Å². The molecule has 0 saturated carbocycles. The maximum atomic E-state index is 17.6. The zero-order chi connectivity index (χ0) is 57.8. The van der Waals surface area contributed by atoms with Crippen LogP contribution in [-0.4, -0.2) is 128 Å². The summed E-state index contributed by atoms with van der Waals surface area (Å²) in [5.74, 6) is -0.445. The van der Waals surface area contributed by atoms with Gasteiger partial charge < -0.3 is 45.2 Å². The molecule has 0 aliphatic carbocycles. The summed E-state index contributed by atoms with van der Waals surface area (Å²) in [7, 11) is 0. The summed E-state index contributed by atoms with van der Waals surface area (Å²) in [5, 5.41) is 41.4. The zero-order valence-corrected chi connectivity index (χ0v) is 48.8. The average molecular weight is 1150 g/mol. The topological polar surface area (TPSA) is 216 Å². The molecule has 3 aromatic carbocycles. The number of ether oxygens (including phenoxy) is 1. The number of piperazine rings is 1. The molecule has 5 saturated heterocycles. The van der Waals surface area contributed by atoms with E-state index in [1.165, 1.54) is 0 Å². The van der Waals surface area contributed by atoms with Gasteiger partial charge in [-0.25, -0.2) is 13.8 Å². The number of aromatic nitrogens is 5. The number of amides is 1. The maximum absolute atomic E-state index is 17.6. The summed E-state index contributed by atoms with van der Waals surface area (Å²) >= 11 is 1.57. The van der Waals surface area contributed by atoms with Crippen molar-refractivity contribution in [1.82, 2.24) is 46.4 Å². The molecule has 17 nitrogen and oxygen atoms in total. The van der Waals surface area contributed by atoms with Crippen molar-refractivity contribution in [3.63, 3.8) is 0 Å². The van der Waals surface area contributed by atoms with Crippen LogP contribution in [0.5, 0.6) is 11.8 Å². The number of nitrogens with zero attached hydrogens (tertiary/aromatic N) is 7. The SMILES string of the molecule is CCc1cccc2cc(O)cc(-c3ncc4c(N5CC6CCC(C5)N6)nc(OCCC5CC(F)(CC6CCCCN6c6cnoc6C(C)(C)CC(=O)[C@]6(C(=O)N[C@@H](C)c7ccc(-c8scnc8C)cc7)CC(O)CN6)CCN5)nc4c3F)c12. The van der Waals surface area contributed by atoms with E-state index < -0.39 is 40.5 Å². The second-order valence-electron chi connectivity index (χ2n) is 24.6. The van der Waals surface area contributed by atoms with Gasteiger partial charge in [-0.15, -0.1) is 11.3 Å². The Morgan fingerprint density at radius 1 is 1.04 bits per heavy atom. The first kappa shape index (κ1) is 56.8. The number of carbonyl (C=O) groups is 2. The Morgan fingerprint density at radius 3 is 2.59 bits per heavy atom. The number of β-amino-alcohol motifs (C(OH)–C–C–N with tert-alkyl or cyclic N) is 1. The summed E-state index contributed by atoms with van der Waals surface area (Å²) < 4.78 is 47.3. The molecule has 7 aromatic rings. The fraction of sp³-hybridized carbons (Fsp3) is 0.508. The molecular formula is C63H75F2N11O6S. The van der Waals surface area contributed by atoms with Crippen molar-refractivity contribution in [2.24, 2.45) is 0 Å². The molecule has 5 fully saturated rings. The highest BCUT2D eigenvalue weighted by Gasteiger charge is 2.53. The van der Waals surface area contributed by atoms with Crippen molar-refractivity contribution in [1.29, 1.82) is 0 Å². The number of fused-ring (bicyclic) bond motifs is 4. The molecule has 0 spiro atoms. The Hall–Kier alpha value is -6.71. The summed E-state index contributed by atoms with van der Waals surface area (Å²) in [5.41, 5.74) is 2.91. The predicted molar refractivity (Wildman–Crippen MR) is 317 cm³/mol. The molecular weight excluding hydrogens is 1080 g/mol. The van der Waals surface area contributed by atoms with Gasteiger partial charge in [-0.3, -0.25) is 19.9 Å². The molecule has 438 valence electrons. The molecule has 20 heteroatoms. The summed E-state index contributed by atoms with van der Waals surface area (Å²) in [6, 6.07) is 16.8. The molecule has 1 amide bonds. The number of aromatic hydroxyl groups is 1. The third-order valence-corrected chi connectivity index (χ3v) is 19.3. The van der Waals surface area contributed by atoms with Gasteiger partial charge in [0.25, 0.3) is 0 Å². The number of alkyl halides is 1. The molecule has 4 aromatic heterocycles. The van der Waals surface area contributed by atoms with E-state index in [-0.39, 0.29) is 91.8 Å². The lowest BCUT2D eigenvalue weighted by atomic mass is 9.76. The lowest BCUT2D eigenvalue weighted by molar-refractivity contribution is -0.138. The lowest BCUT2D eigenvalue weighted by Gasteiger charge is -2.43. The molecule has 2 bridgehead atoms.